The van der Waals surface area contributed by atoms with Gasteiger partial charge in [-0.2, -0.15) is 0 Å². The summed E-state index contributed by atoms with van der Waals surface area (Å²) in [6, 6.07) is 15.5. The van der Waals surface area contributed by atoms with E-state index in [9.17, 15) is 5.11 Å². The van der Waals surface area contributed by atoms with Gasteiger partial charge >= 0.3 is 0 Å². The lowest BCUT2D eigenvalue weighted by atomic mass is 10.1. The van der Waals surface area contributed by atoms with Crippen LogP contribution < -0.4 is 4.74 Å². The molecule has 1 N–H and O–H groups in total. The first-order valence-electron chi connectivity index (χ1n) is 6.81. The molecule has 0 saturated heterocycles. The van der Waals surface area contributed by atoms with Gasteiger partial charge in [0.1, 0.15) is 12.4 Å². The molecule has 2 nitrogen and oxygen atoms in total. The molecule has 0 aliphatic heterocycles. The second-order valence-electron chi connectivity index (χ2n) is 4.79. The van der Waals surface area contributed by atoms with Crippen LogP contribution in [0.25, 0.3) is 0 Å². The molecule has 0 amide bonds. The topological polar surface area (TPSA) is 29.5 Å². The van der Waals surface area contributed by atoms with Crippen molar-refractivity contribution >= 4 is 11.6 Å². The average Bonchev–Trinajstić information content (AvgIpc) is 2.47. The fourth-order valence-electron chi connectivity index (χ4n) is 1.97. The summed E-state index contributed by atoms with van der Waals surface area (Å²) in [6.07, 6.45) is 1.11. The van der Waals surface area contributed by atoms with Gasteiger partial charge in [-0.25, -0.2) is 0 Å². The molecule has 2 aromatic rings. The minimum Gasteiger partial charge on any atom is -0.491 e. The van der Waals surface area contributed by atoms with Crippen LogP contribution in [0, 0.1) is 0 Å². The van der Waals surface area contributed by atoms with Crippen LogP contribution in [0.5, 0.6) is 5.75 Å². The van der Waals surface area contributed by atoms with E-state index in [-0.39, 0.29) is 6.61 Å². The first-order valence-corrected chi connectivity index (χ1v) is 7.19. The van der Waals surface area contributed by atoms with Crippen molar-refractivity contribution in [3.05, 3.63) is 64.7 Å². The Hall–Kier alpha value is -1.51. The highest BCUT2D eigenvalue weighted by atomic mass is 35.5. The molecule has 0 saturated carbocycles. The van der Waals surface area contributed by atoms with Crippen LogP contribution in [0.2, 0.25) is 5.02 Å². The monoisotopic (exact) mass is 290 g/mol. The zero-order chi connectivity index (χ0) is 14.4. The van der Waals surface area contributed by atoms with Crippen LogP contribution in [0.15, 0.2) is 48.5 Å². The van der Waals surface area contributed by atoms with E-state index in [1.165, 1.54) is 5.56 Å². The van der Waals surface area contributed by atoms with Crippen molar-refractivity contribution in [2.24, 2.45) is 0 Å². The maximum absolute atomic E-state index is 9.99. The van der Waals surface area contributed by atoms with Gasteiger partial charge in [-0.15, -0.1) is 0 Å². The number of aliphatic hydroxyl groups excluding tert-OH is 1. The Labute approximate surface area is 125 Å². The van der Waals surface area contributed by atoms with Gasteiger partial charge in [0.15, 0.2) is 0 Å². The lowest BCUT2D eigenvalue weighted by Crippen LogP contribution is -2.20. The third-order valence-corrected chi connectivity index (χ3v) is 3.41. The zero-order valence-corrected chi connectivity index (χ0v) is 12.3. The Bertz CT molecular complexity index is 520. The van der Waals surface area contributed by atoms with E-state index in [2.05, 4.69) is 31.2 Å². The number of halogens is 1. The molecule has 0 fully saturated rings. The van der Waals surface area contributed by atoms with Gasteiger partial charge in [0.2, 0.25) is 0 Å². The smallest absolute Gasteiger partial charge is 0.119 e. The van der Waals surface area contributed by atoms with E-state index in [1.54, 1.807) is 24.3 Å². The number of hydrogen-bond acceptors (Lipinski definition) is 2. The molecular formula is C17H19ClO2. The van der Waals surface area contributed by atoms with Gasteiger partial charge in [0.25, 0.3) is 0 Å². The van der Waals surface area contributed by atoms with Crippen molar-refractivity contribution in [3.63, 3.8) is 0 Å². The SMILES string of the molecule is CCc1ccc(CC(O)COc2ccc(Cl)cc2)cc1. The van der Waals surface area contributed by atoms with Crippen LogP contribution in [0.1, 0.15) is 18.1 Å². The van der Waals surface area contributed by atoms with Gasteiger partial charge < -0.3 is 9.84 Å². The summed E-state index contributed by atoms with van der Waals surface area (Å²) in [7, 11) is 0. The molecule has 20 heavy (non-hydrogen) atoms. The molecule has 0 bridgehead atoms. The van der Waals surface area contributed by atoms with Gasteiger partial charge in [-0.05, 0) is 41.8 Å². The lowest BCUT2D eigenvalue weighted by Gasteiger charge is -2.12. The first kappa shape index (κ1) is 14.9. The van der Waals surface area contributed by atoms with E-state index in [0.717, 1.165) is 17.7 Å². The van der Waals surface area contributed by atoms with Crippen molar-refractivity contribution in [1.29, 1.82) is 0 Å². The Morgan fingerprint density at radius 3 is 2.20 bits per heavy atom. The molecule has 1 unspecified atom stereocenters. The average molecular weight is 291 g/mol. The number of benzene rings is 2. The quantitative estimate of drug-likeness (QED) is 0.875. The van der Waals surface area contributed by atoms with E-state index in [0.29, 0.717) is 11.4 Å². The lowest BCUT2D eigenvalue weighted by molar-refractivity contribution is 0.108. The summed E-state index contributed by atoms with van der Waals surface area (Å²) in [4.78, 5) is 0. The fraction of sp³-hybridized carbons (Fsp3) is 0.294. The Kier molecular flexibility index (Phi) is 5.45. The van der Waals surface area contributed by atoms with E-state index in [1.807, 2.05) is 0 Å². The van der Waals surface area contributed by atoms with E-state index >= 15 is 0 Å². The molecule has 0 aliphatic carbocycles. The number of rotatable bonds is 6. The summed E-state index contributed by atoms with van der Waals surface area (Å²) >= 11 is 5.80. The largest absolute Gasteiger partial charge is 0.491 e. The van der Waals surface area contributed by atoms with E-state index < -0.39 is 6.10 Å². The summed E-state index contributed by atoms with van der Waals surface area (Å²) in [5, 5.41) is 10.7. The van der Waals surface area contributed by atoms with Gasteiger partial charge in [0.05, 0.1) is 6.10 Å². The number of aryl methyl sites for hydroxylation is 1. The molecule has 106 valence electrons. The van der Waals surface area contributed by atoms with Crippen LogP contribution in [0.3, 0.4) is 0 Å². The van der Waals surface area contributed by atoms with Crippen LogP contribution >= 0.6 is 11.6 Å². The van der Waals surface area contributed by atoms with Crippen LogP contribution in [0.4, 0.5) is 0 Å². The summed E-state index contributed by atoms with van der Waals surface area (Å²) in [6.45, 7) is 2.40. The third kappa shape index (κ3) is 4.55. The molecule has 0 radical (unpaired) electrons. The first-order chi connectivity index (χ1) is 9.67. The Balaban J connectivity index is 1.82. The highest BCUT2D eigenvalue weighted by Crippen LogP contribution is 2.16. The predicted octanol–water partition coefficient (Wildman–Crippen LogP) is 3.88. The molecule has 0 spiro atoms. The minimum absolute atomic E-state index is 0.275. The number of hydrogen-bond donors (Lipinski definition) is 1. The Morgan fingerprint density at radius 2 is 1.60 bits per heavy atom. The molecule has 0 aliphatic rings. The maximum Gasteiger partial charge on any atom is 0.119 e. The van der Waals surface area contributed by atoms with Crippen LogP contribution in [-0.4, -0.2) is 17.8 Å². The third-order valence-electron chi connectivity index (χ3n) is 3.16. The maximum atomic E-state index is 9.99. The minimum atomic E-state index is -0.516. The molecule has 0 heterocycles. The van der Waals surface area contributed by atoms with E-state index in [4.69, 9.17) is 16.3 Å². The molecular weight excluding hydrogens is 272 g/mol. The standard InChI is InChI=1S/C17H19ClO2/c1-2-13-3-5-14(6-4-13)11-16(19)12-20-17-9-7-15(18)8-10-17/h3-10,16,19H,2,11-12H2,1H3. The van der Waals surface area contributed by atoms with Crippen molar-refractivity contribution in [2.45, 2.75) is 25.9 Å². The van der Waals surface area contributed by atoms with Crippen molar-refractivity contribution < 1.29 is 9.84 Å². The number of aliphatic hydroxyl groups is 1. The zero-order valence-electron chi connectivity index (χ0n) is 11.6. The second kappa shape index (κ2) is 7.32. The van der Waals surface area contributed by atoms with Crippen LogP contribution in [-0.2, 0) is 12.8 Å². The highest BCUT2D eigenvalue weighted by Gasteiger charge is 2.07. The summed E-state index contributed by atoms with van der Waals surface area (Å²) < 4.78 is 5.53. The van der Waals surface area contributed by atoms with Gasteiger partial charge in [-0.3, -0.25) is 0 Å². The molecule has 2 rings (SSSR count). The predicted molar refractivity (Wildman–Crippen MR) is 82.5 cm³/mol. The molecule has 0 aromatic heterocycles. The van der Waals surface area contributed by atoms with Crippen molar-refractivity contribution in [2.75, 3.05) is 6.61 Å². The molecule has 1 atom stereocenters. The Morgan fingerprint density at radius 1 is 1.00 bits per heavy atom. The molecule has 2 aromatic carbocycles. The summed E-state index contributed by atoms with van der Waals surface area (Å²) in [5.41, 5.74) is 2.43. The van der Waals surface area contributed by atoms with Gasteiger partial charge in [-0.1, -0.05) is 42.8 Å². The highest BCUT2D eigenvalue weighted by molar-refractivity contribution is 6.30. The van der Waals surface area contributed by atoms with Gasteiger partial charge in [0, 0.05) is 11.4 Å². The number of ether oxygens (including phenoxy) is 1. The normalized spacial score (nSPS) is 12.2. The fourth-order valence-corrected chi connectivity index (χ4v) is 2.09. The molecule has 3 heteroatoms. The van der Waals surface area contributed by atoms with Crippen molar-refractivity contribution in [1.82, 2.24) is 0 Å². The second-order valence-corrected chi connectivity index (χ2v) is 5.23. The van der Waals surface area contributed by atoms with Crippen molar-refractivity contribution in [3.8, 4) is 5.75 Å². The summed E-state index contributed by atoms with van der Waals surface area (Å²) in [5.74, 6) is 0.717.